The number of piperidine rings is 1. The Bertz CT molecular complexity index is 634. The van der Waals surface area contributed by atoms with Crippen molar-refractivity contribution in [1.82, 2.24) is 20.0 Å². The lowest BCUT2D eigenvalue weighted by Crippen LogP contribution is -2.40. The average molecular weight is 300 g/mol. The van der Waals surface area contributed by atoms with E-state index >= 15 is 0 Å². The van der Waals surface area contributed by atoms with Crippen LogP contribution < -0.4 is 0 Å². The fraction of sp³-hybridized carbons (Fsp3) is 0.500. The molecule has 3 heterocycles. The van der Waals surface area contributed by atoms with Gasteiger partial charge < -0.3 is 9.42 Å². The number of carbonyl (C=O) groups is 1. The SMILES string of the molecule is Cc1noc(C)c1CC(=O)N1CCCC(c2cnccn2)C1. The normalized spacial score (nSPS) is 18.5. The predicted octanol–water partition coefficient (Wildman–Crippen LogP) is 2.03. The molecule has 0 radical (unpaired) electrons. The molecular formula is C16H20N4O2. The second kappa shape index (κ2) is 6.25. The van der Waals surface area contributed by atoms with Crippen LogP contribution in [0.4, 0.5) is 0 Å². The van der Waals surface area contributed by atoms with Gasteiger partial charge in [-0.1, -0.05) is 5.16 Å². The van der Waals surface area contributed by atoms with Crippen LogP contribution in [0.5, 0.6) is 0 Å². The average Bonchev–Trinajstić information content (AvgIpc) is 2.88. The summed E-state index contributed by atoms with van der Waals surface area (Å²) >= 11 is 0. The van der Waals surface area contributed by atoms with Crippen LogP contribution in [0.2, 0.25) is 0 Å². The maximum absolute atomic E-state index is 12.6. The third kappa shape index (κ3) is 3.00. The molecule has 0 saturated carbocycles. The molecule has 0 bridgehead atoms. The molecule has 116 valence electrons. The van der Waals surface area contributed by atoms with Crippen LogP contribution in [0.1, 0.15) is 41.5 Å². The minimum atomic E-state index is 0.128. The van der Waals surface area contributed by atoms with E-state index in [2.05, 4.69) is 15.1 Å². The summed E-state index contributed by atoms with van der Waals surface area (Å²) < 4.78 is 5.13. The lowest BCUT2D eigenvalue weighted by molar-refractivity contribution is -0.131. The molecule has 22 heavy (non-hydrogen) atoms. The van der Waals surface area contributed by atoms with E-state index in [1.165, 1.54) is 0 Å². The van der Waals surface area contributed by atoms with Crippen molar-refractivity contribution in [3.8, 4) is 0 Å². The predicted molar refractivity (Wildman–Crippen MR) is 80.3 cm³/mol. The summed E-state index contributed by atoms with van der Waals surface area (Å²) in [4.78, 5) is 23.0. The molecule has 1 aliphatic heterocycles. The van der Waals surface area contributed by atoms with Crippen LogP contribution in [-0.2, 0) is 11.2 Å². The molecule has 1 atom stereocenters. The Labute approximate surface area is 129 Å². The molecule has 1 fully saturated rings. The van der Waals surface area contributed by atoms with Gasteiger partial charge in [0.25, 0.3) is 0 Å². The van der Waals surface area contributed by atoms with Gasteiger partial charge in [-0.05, 0) is 26.7 Å². The molecule has 0 aliphatic carbocycles. The standard InChI is InChI=1S/C16H20N4O2/c1-11-14(12(2)22-19-11)8-16(21)20-7-3-4-13(10-20)15-9-17-5-6-18-15/h5-6,9,13H,3-4,7-8,10H2,1-2H3. The molecule has 1 aliphatic rings. The van der Waals surface area contributed by atoms with Crippen molar-refractivity contribution in [3.63, 3.8) is 0 Å². The van der Waals surface area contributed by atoms with E-state index in [0.717, 1.165) is 42.1 Å². The summed E-state index contributed by atoms with van der Waals surface area (Å²) in [5.41, 5.74) is 2.68. The molecule has 0 spiro atoms. The molecular weight excluding hydrogens is 280 g/mol. The summed E-state index contributed by atoms with van der Waals surface area (Å²) in [5, 5.41) is 3.91. The molecule has 2 aromatic rings. The van der Waals surface area contributed by atoms with E-state index in [-0.39, 0.29) is 11.8 Å². The van der Waals surface area contributed by atoms with Crippen molar-refractivity contribution in [1.29, 1.82) is 0 Å². The number of aromatic nitrogens is 3. The minimum absolute atomic E-state index is 0.128. The van der Waals surface area contributed by atoms with Gasteiger partial charge in [-0.15, -0.1) is 0 Å². The fourth-order valence-corrected chi connectivity index (χ4v) is 2.98. The first-order valence-corrected chi connectivity index (χ1v) is 7.60. The molecule has 1 unspecified atom stereocenters. The van der Waals surface area contributed by atoms with Crippen molar-refractivity contribution in [2.45, 2.75) is 39.0 Å². The number of amides is 1. The lowest BCUT2D eigenvalue weighted by atomic mass is 9.94. The van der Waals surface area contributed by atoms with Gasteiger partial charge in [-0.2, -0.15) is 0 Å². The number of hydrogen-bond donors (Lipinski definition) is 0. The smallest absolute Gasteiger partial charge is 0.227 e. The van der Waals surface area contributed by atoms with Gasteiger partial charge in [0.05, 0.1) is 17.8 Å². The zero-order chi connectivity index (χ0) is 15.5. The van der Waals surface area contributed by atoms with Gasteiger partial charge in [0, 0.05) is 43.2 Å². The van der Waals surface area contributed by atoms with E-state index < -0.39 is 0 Å². The number of likely N-dealkylation sites (tertiary alicyclic amines) is 1. The Balaban J connectivity index is 1.68. The van der Waals surface area contributed by atoms with Crippen LogP contribution >= 0.6 is 0 Å². The Kier molecular flexibility index (Phi) is 4.18. The number of aryl methyl sites for hydroxylation is 2. The summed E-state index contributed by atoms with van der Waals surface area (Å²) in [6, 6.07) is 0. The highest BCUT2D eigenvalue weighted by Gasteiger charge is 2.26. The largest absolute Gasteiger partial charge is 0.361 e. The van der Waals surface area contributed by atoms with Crippen molar-refractivity contribution < 1.29 is 9.32 Å². The molecule has 0 aromatic carbocycles. The van der Waals surface area contributed by atoms with Crippen molar-refractivity contribution in [3.05, 3.63) is 41.3 Å². The molecule has 1 saturated heterocycles. The van der Waals surface area contributed by atoms with Gasteiger partial charge in [0.1, 0.15) is 5.76 Å². The molecule has 3 rings (SSSR count). The first-order chi connectivity index (χ1) is 10.6. The minimum Gasteiger partial charge on any atom is -0.361 e. The third-order valence-corrected chi connectivity index (χ3v) is 4.28. The summed E-state index contributed by atoms with van der Waals surface area (Å²) in [6.45, 7) is 5.23. The zero-order valence-electron chi connectivity index (χ0n) is 13.0. The van der Waals surface area contributed by atoms with Gasteiger partial charge in [-0.25, -0.2) is 0 Å². The molecule has 6 nitrogen and oxygen atoms in total. The van der Waals surface area contributed by atoms with Crippen LogP contribution in [-0.4, -0.2) is 39.0 Å². The second-order valence-electron chi connectivity index (χ2n) is 5.79. The number of rotatable bonds is 3. The first kappa shape index (κ1) is 14.7. The fourth-order valence-electron chi connectivity index (χ4n) is 2.98. The quantitative estimate of drug-likeness (QED) is 0.867. The highest BCUT2D eigenvalue weighted by atomic mass is 16.5. The number of nitrogens with zero attached hydrogens (tertiary/aromatic N) is 4. The third-order valence-electron chi connectivity index (χ3n) is 4.28. The van der Waals surface area contributed by atoms with E-state index in [0.29, 0.717) is 13.0 Å². The highest BCUT2D eigenvalue weighted by molar-refractivity contribution is 5.79. The lowest BCUT2D eigenvalue weighted by Gasteiger charge is -2.32. The first-order valence-electron chi connectivity index (χ1n) is 7.60. The van der Waals surface area contributed by atoms with Crippen molar-refractivity contribution in [2.24, 2.45) is 0 Å². The monoisotopic (exact) mass is 300 g/mol. The van der Waals surface area contributed by atoms with Gasteiger partial charge in [-0.3, -0.25) is 14.8 Å². The summed E-state index contributed by atoms with van der Waals surface area (Å²) in [6.07, 6.45) is 7.58. The summed E-state index contributed by atoms with van der Waals surface area (Å²) in [7, 11) is 0. The summed E-state index contributed by atoms with van der Waals surface area (Å²) in [5.74, 6) is 1.13. The van der Waals surface area contributed by atoms with E-state index in [9.17, 15) is 4.79 Å². The number of hydrogen-bond acceptors (Lipinski definition) is 5. The van der Waals surface area contributed by atoms with Crippen LogP contribution in [0.25, 0.3) is 0 Å². The Morgan fingerprint density at radius 1 is 1.41 bits per heavy atom. The van der Waals surface area contributed by atoms with E-state index in [4.69, 9.17) is 4.52 Å². The Morgan fingerprint density at radius 2 is 2.27 bits per heavy atom. The van der Waals surface area contributed by atoms with E-state index in [1.54, 1.807) is 18.6 Å². The van der Waals surface area contributed by atoms with Crippen LogP contribution in [0.3, 0.4) is 0 Å². The van der Waals surface area contributed by atoms with Crippen LogP contribution in [0.15, 0.2) is 23.1 Å². The van der Waals surface area contributed by atoms with Gasteiger partial charge in [0.15, 0.2) is 0 Å². The second-order valence-corrected chi connectivity index (χ2v) is 5.79. The molecule has 6 heteroatoms. The molecule has 2 aromatic heterocycles. The maximum Gasteiger partial charge on any atom is 0.227 e. The van der Waals surface area contributed by atoms with Crippen LogP contribution in [0, 0.1) is 13.8 Å². The topological polar surface area (TPSA) is 72.1 Å². The highest BCUT2D eigenvalue weighted by Crippen LogP contribution is 2.25. The number of carbonyl (C=O) groups excluding carboxylic acids is 1. The van der Waals surface area contributed by atoms with Crippen molar-refractivity contribution in [2.75, 3.05) is 13.1 Å². The van der Waals surface area contributed by atoms with Gasteiger partial charge >= 0.3 is 0 Å². The van der Waals surface area contributed by atoms with E-state index in [1.807, 2.05) is 18.7 Å². The van der Waals surface area contributed by atoms with Gasteiger partial charge in [0.2, 0.25) is 5.91 Å². The molecule has 1 amide bonds. The zero-order valence-corrected chi connectivity index (χ0v) is 13.0. The van der Waals surface area contributed by atoms with Crippen molar-refractivity contribution >= 4 is 5.91 Å². The molecule has 0 N–H and O–H groups in total. The Morgan fingerprint density at radius 3 is 2.95 bits per heavy atom. The Hall–Kier alpha value is -2.24. The maximum atomic E-state index is 12.6.